The number of nitrogens with zero attached hydrogens (tertiary/aromatic N) is 2. The number of hydrogen-bond acceptors (Lipinski definition) is 4. The molecule has 134 valence electrons. The molecule has 26 heavy (non-hydrogen) atoms. The van der Waals surface area contributed by atoms with Crippen LogP contribution in [-0.4, -0.2) is 15.2 Å². The van der Waals surface area contributed by atoms with Gasteiger partial charge in [0.2, 0.25) is 5.95 Å². The molecule has 0 spiro atoms. The maximum absolute atomic E-state index is 12.9. The fourth-order valence-electron chi connectivity index (χ4n) is 2.60. The van der Waals surface area contributed by atoms with Gasteiger partial charge in [0, 0.05) is 12.1 Å². The van der Waals surface area contributed by atoms with Crippen molar-refractivity contribution in [3.8, 4) is 0 Å². The standard InChI is InChI=1S/C20H21FN4O/c1-2-3-4-14-7-11-17(12-8-14)22-20-23-19(26)18(24-25-20)13-15-5-9-16(21)10-6-15/h5-12H,2-4,13H2,1H3,(H2,22,23,25,26). The molecule has 2 aromatic carbocycles. The first-order valence-corrected chi connectivity index (χ1v) is 8.70. The fraction of sp³-hybridized carbons (Fsp3) is 0.250. The van der Waals surface area contributed by atoms with Crippen LogP contribution in [0.5, 0.6) is 0 Å². The van der Waals surface area contributed by atoms with Crippen molar-refractivity contribution < 1.29 is 4.39 Å². The van der Waals surface area contributed by atoms with Crippen molar-refractivity contribution in [1.82, 2.24) is 15.2 Å². The van der Waals surface area contributed by atoms with E-state index in [2.05, 4.69) is 39.6 Å². The molecule has 0 unspecified atom stereocenters. The highest BCUT2D eigenvalue weighted by Crippen LogP contribution is 2.14. The zero-order valence-corrected chi connectivity index (χ0v) is 14.6. The highest BCUT2D eigenvalue weighted by atomic mass is 19.1. The highest BCUT2D eigenvalue weighted by Gasteiger charge is 2.07. The number of aromatic amines is 1. The van der Waals surface area contributed by atoms with Gasteiger partial charge < -0.3 is 5.32 Å². The average molecular weight is 352 g/mol. The molecule has 0 aliphatic heterocycles. The number of anilines is 2. The Hall–Kier alpha value is -3.02. The van der Waals surface area contributed by atoms with Crippen LogP contribution in [0.1, 0.15) is 36.6 Å². The van der Waals surface area contributed by atoms with Gasteiger partial charge in [-0.15, -0.1) is 10.2 Å². The van der Waals surface area contributed by atoms with Gasteiger partial charge in [-0.1, -0.05) is 37.6 Å². The Bertz CT molecular complexity index is 904. The monoisotopic (exact) mass is 352 g/mol. The molecule has 6 heteroatoms. The van der Waals surface area contributed by atoms with Crippen molar-refractivity contribution in [2.24, 2.45) is 0 Å². The molecule has 3 rings (SSSR count). The summed E-state index contributed by atoms with van der Waals surface area (Å²) in [6.45, 7) is 2.17. The Balaban J connectivity index is 1.67. The van der Waals surface area contributed by atoms with E-state index >= 15 is 0 Å². The smallest absolute Gasteiger partial charge is 0.274 e. The van der Waals surface area contributed by atoms with Gasteiger partial charge in [-0.3, -0.25) is 9.78 Å². The van der Waals surface area contributed by atoms with Crippen LogP contribution in [-0.2, 0) is 12.8 Å². The SMILES string of the molecule is CCCCc1ccc(Nc2nnc(Cc3ccc(F)cc3)c(=O)[nH]2)cc1. The summed E-state index contributed by atoms with van der Waals surface area (Å²) >= 11 is 0. The largest absolute Gasteiger partial charge is 0.324 e. The van der Waals surface area contributed by atoms with E-state index in [0.717, 1.165) is 17.7 Å². The van der Waals surface area contributed by atoms with Gasteiger partial charge in [0.05, 0.1) is 0 Å². The van der Waals surface area contributed by atoms with E-state index in [0.29, 0.717) is 12.4 Å². The number of rotatable bonds is 7. The number of halogens is 1. The first-order chi connectivity index (χ1) is 12.6. The maximum atomic E-state index is 12.9. The van der Waals surface area contributed by atoms with Crippen molar-refractivity contribution >= 4 is 11.6 Å². The van der Waals surface area contributed by atoms with Crippen LogP contribution in [0.3, 0.4) is 0 Å². The summed E-state index contributed by atoms with van der Waals surface area (Å²) in [5.41, 5.74) is 2.89. The zero-order valence-electron chi connectivity index (χ0n) is 14.6. The third-order valence-corrected chi connectivity index (χ3v) is 4.09. The minimum atomic E-state index is -0.314. The van der Waals surface area contributed by atoms with Crippen molar-refractivity contribution in [2.45, 2.75) is 32.6 Å². The third kappa shape index (κ3) is 4.75. The Morgan fingerprint density at radius 1 is 1.00 bits per heavy atom. The van der Waals surface area contributed by atoms with E-state index in [-0.39, 0.29) is 17.1 Å². The number of benzene rings is 2. The van der Waals surface area contributed by atoms with Crippen molar-refractivity contribution in [2.75, 3.05) is 5.32 Å². The van der Waals surface area contributed by atoms with Crippen molar-refractivity contribution in [3.05, 3.63) is 81.5 Å². The van der Waals surface area contributed by atoms with E-state index in [9.17, 15) is 9.18 Å². The fourth-order valence-corrected chi connectivity index (χ4v) is 2.60. The predicted molar refractivity (Wildman–Crippen MR) is 100 cm³/mol. The van der Waals surface area contributed by atoms with Crippen molar-refractivity contribution in [3.63, 3.8) is 0 Å². The molecule has 0 aliphatic rings. The van der Waals surface area contributed by atoms with Crippen LogP contribution in [0.25, 0.3) is 0 Å². The summed E-state index contributed by atoms with van der Waals surface area (Å²) in [7, 11) is 0. The molecule has 3 aromatic rings. The van der Waals surface area contributed by atoms with Gasteiger partial charge in [-0.2, -0.15) is 0 Å². The van der Waals surface area contributed by atoms with Gasteiger partial charge in [0.15, 0.2) is 0 Å². The maximum Gasteiger partial charge on any atom is 0.274 e. The van der Waals surface area contributed by atoms with Crippen LogP contribution >= 0.6 is 0 Å². The van der Waals surface area contributed by atoms with E-state index in [1.165, 1.54) is 30.5 Å². The van der Waals surface area contributed by atoms with E-state index in [4.69, 9.17) is 0 Å². The van der Waals surface area contributed by atoms with E-state index < -0.39 is 0 Å². The molecule has 0 saturated heterocycles. The van der Waals surface area contributed by atoms with Crippen LogP contribution in [0.4, 0.5) is 16.0 Å². The van der Waals surface area contributed by atoms with Gasteiger partial charge in [0.25, 0.3) is 5.56 Å². The normalized spacial score (nSPS) is 10.7. The number of aryl methyl sites for hydroxylation is 1. The van der Waals surface area contributed by atoms with E-state index in [1.807, 2.05) is 12.1 Å². The Morgan fingerprint density at radius 2 is 1.69 bits per heavy atom. The molecule has 0 atom stereocenters. The molecular weight excluding hydrogens is 331 g/mol. The quantitative estimate of drug-likeness (QED) is 0.675. The number of H-pyrrole nitrogens is 1. The summed E-state index contributed by atoms with van der Waals surface area (Å²) in [6, 6.07) is 14.0. The molecule has 5 nitrogen and oxygen atoms in total. The summed E-state index contributed by atoms with van der Waals surface area (Å²) in [4.78, 5) is 14.9. The molecule has 0 fully saturated rings. The number of unbranched alkanes of at least 4 members (excludes halogenated alkanes) is 1. The lowest BCUT2D eigenvalue weighted by Crippen LogP contribution is -2.18. The Kier molecular flexibility index (Phi) is 5.73. The Labute approximate surface area is 151 Å². The second kappa shape index (κ2) is 8.38. The van der Waals surface area contributed by atoms with Gasteiger partial charge >= 0.3 is 0 Å². The average Bonchev–Trinajstić information content (AvgIpc) is 2.65. The second-order valence-corrected chi connectivity index (χ2v) is 6.18. The predicted octanol–water partition coefficient (Wildman–Crippen LogP) is 3.98. The molecular formula is C20H21FN4O. The first kappa shape index (κ1) is 17.8. The third-order valence-electron chi connectivity index (χ3n) is 4.09. The summed E-state index contributed by atoms with van der Waals surface area (Å²) in [5, 5.41) is 11.1. The van der Waals surface area contributed by atoms with Crippen LogP contribution < -0.4 is 10.9 Å². The summed E-state index contributed by atoms with van der Waals surface area (Å²) in [5.74, 6) is -0.0202. The van der Waals surface area contributed by atoms with Gasteiger partial charge in [-0.25, -0.2) is 4.39 Å². The number of aromatic nitrogens is 3. The number of nitrogens with one attached hydrogen (secondary N) is 2. The molecule has 2 N–H and O–H groups in total. The molecule has 1 aromatic heterocycles. The minimum absolute atomic E-state index is 0.289. The summed E-state index contributed by atoms with van der Waals surface area (Å²) in [6.07, 6.45) is 3.70. The van der Waals surface area contributed by atoms with Gasteiger partial charge in [-0.05, 0) is 48.2 Å². The molecule has 0 amide bonds. The zero-order chi connectivity index (χ0) is 18.4. The van der Waals surface area contributed by atoms with Crippen molar-refractivity contribution in [1.29, 1.82) is 0 Å². The van der Waals surface area contributed by atoms with Crippen LogP contribution in [0, 0.1) is 5.82 Å². The molecule has 0 aliphatic carbocycles. The molecule has 0 saturated carbocycles. The lowest BCUT2D eigenvalue weighted by molar-refractivity contribution is 0.627. The van der Waals surface area contributed by atoms with Crippen LogP contribution in [0.15, 0.2) is 53.3 Å². The first-order valence-electron chi connectivity index (χ1n) is 8.70. The highest BCUT2D eigenvalue weighted by molar-refractivity contribution is 5.53. The van der Waals surface area contributed by atoms with E-state index in [1.54, 1.807) is 12.1 Å². The van der Waals surface area contributed by atoms with Gasteiger partial charge in [0.1, 0.15) is 11.5 Å². The topological polar surface area (TPSA) is 70.7 Å². The van der Waals surface area contributed by atoms with Crippen LogP contribution in [0.2, 0.25) is 0 Å². The lowest BCUT2D eigenvalue weighted by atomic mass is 10.1. The molecule has 1 heterocycles. The Morgan fingerprint density at radius 3 is 2.35 bits per heavy atom. The minimum Gasteiger partial charge on any atom is -0.324 e. The second-order valence-electron chi connectivity index (χ2n) is 6.18. The summed E-state index contributed by atoms with van der Waals surface area (Å²) < 4.78 is 12.9. The molecule has 0 radical (unpaired) electrons. The lowest BCUT2D eigenvalue weighted by Gasteiger charge is -2.07. The molecule has 0 bridgehead atoms. The number of hydrogen-bond donors (Lipinski definition) is 2.